The fourth-order valence-electron chi connectivity index (χ4n) is 2.42. The van der Waals surface area contributed by atoms with E-state index in [0.29, 0.717) is 0 Å². The van der Waals surface area contributed by atoms with Gasteiger partial charge >= 0.3 is 0 Å². The predicted molar refractivity (Wildman–Crippen MR) is 84.7 cm³/mol. The summed E-state index contributed by atoms with van der Waals surface area (Å²) in [6.45, 7) is 7.14. The molecule has 0 aliphatic carbocycles. The second-order valence-corrected chi connectivity index (χ2v) is 5.87. The van der Waals surface area contributed by atoms with E-state index in [1.54, 1.807) is 0 Å². The molecule has 0 amide bonds. The molecule has 2 heterocycles. The minimum Gasteiger partial charge on any atom is -0.310 e. The van der Waals surface area contributed by atoms with Gasteiger partial charge in [0.05, 0.1) is 15.9 Å². The van der Waals surface area contributed by atoms with Gasteiger partial charge in [-0.3, -0.25) is 9.67 Å². The lowest BCUT2D eigenvalue weighted by molar-refractivity contribution is 0.526. The number of rotatable bonds is 5. The minimum atomic E-state index is 0.249. The van der Waals surface area contributed by atoms with Crippen LogP contribution in [0.15, 0.2) is 22.9 Å². The largest absolute Gasteiger partial charge is 0.310 e. The summed E-state index contributed by atoms with van der Waals surface area (Å²) in [6, 6.07) is 2.44. The number of likely N-dealkylation sites (N-methyl/N-ethyl adjacent to an activating group) is 1. The summed E-state index contributed by atoms with van der Waals surface area (Å²) in [4.78, 5) is 4.30. The van der Waals surface area contributed by atoms with Crippen LogP contribution in [0.25, 0.3) is 0 Å². The maximum absolute atomic E-state index is 4.46. The van der Waals surface area contributed by atoms with E-state index >= 15 is 0 Å². The molecule has 0 aromatic carbocycles. The first kappa shape index (κ1) is 15.2. The van der Waals surface area contributed by atoms with E-state index in [0.717, 1.165) is 23.1 Å². The topological polar surface area (TPSA) is 42.7 Å². The number of pyridine rings is 1. The van der Waals surface area contributed by atoms with Crippen molar-refractivity contribution in [3.63, 3.8) is 0 Å². The highest BCUT2D eigenvalue weighted by molar-refractivity contribution is 9.10. The maximum atomic E-state index is 4.46. The molecular weight excluding hydrogens is 316 g/mol. The number of halogens is 1. The van der Waals surface area contributed by atoms with E-state index in [9.17, 15) is 0 Å². The standard InChI is InChI=1S/C15H21BrN4/c1-5-18-13(12-6-10(2)8-17-9-12)7-14-15(16)11(3)19-20(14)4/h6,8-9,13,18H,5,7H2,1-4H3. The Bertz CT molecular complexity index is 592. The zero-order valence-corrected chi connectivity index (χ0v) is 14.0. The molecule has 0 bridgehead atoms. The molecule has 2 rings (SSSR count). The van der Waals surface area contributed by atoms with Crippen LogP contribution >= 0.6 is 15.9 Å². The highest BCUT2D eigenvalue weighted by Crippen LogP contribution is 2.26. The molecule has 1 N–H and O–H groups in total. The number of hydrogen-bond donors (Lipinski definition) is 1. The molecule has 0 fully saturated rings. The normalized spacial score (nSPS) is 12.7. The van der Waals surface area contributed by atoms with Gasteiger partial charge in [0.15, 0.2) is 0 Å². The van der Waals surface area contributed by atoms with Crippen molar-refractivity contribution in [3.05, 3.63) is 45.4 Å². The lowest BCUT2D eigenvalue weighted by Crippen LogP contribution is -2.24. The van der Waals surface area contributed by atoms with Gasteiger partial charge in [0, 0.05) is 31.9 Å². The SMILES string of the molecule is CCNC(Cc1c(Br)c(C)nn1C)c1cncc(C)c1. The molecular formula is C15H21BrN4. The summed E-state index contributed by atoms with van der Waals surface area (Å²) < 4.78 is 3.05. The lowest BCUT2D eigenvalue weighted by Gasteiger charge is -2.19. The Balaban J connectivity index is 2.30. The molecule has 0 aliphatic heterocycles. The fraction of sp³-hybridized carbons (Fsp3) is 0.467. The third-order valence-electron chi connectivity index (χ3n) is 3.41. The highest BCUT2D eigenvalue weighted by atomic mass is 79.9. The molecule has 0 aliphatic rings. The number of nitrogens with one attached hydrogen (secondary N) is 1. The van der Waals surface area contributed by atoms with E-state index in [-0.39, 0.29) is 6.04 Å². The molecule has 4 nitrogen and oxygen atoms in total. The summed E-state index contributed by atoms with van der Waals surface area (Å²) in [5, 5.41) is 8.00. The predicted octanol–water partition coefficient (Wildman–Crippen LogP) is 3.09. The average Bonchev–Trinajstić information content (AvgIpc) is 2.64. The minimum absolute atomic E-state index is 0.249. The second kappa shape index (κ2) is 6.50. The molecule has 0 saturated carbocycles. The smallest absolute Gasteiger partial charge is 0.0738 e. The van der Waals surface area contributed by atoms with Crippen molar-refractivity contribution in [1.29, 1.82) is 0 Å². The zero-order valence-electron chi connectivity index (χ0n) is 12.4. The van der Waals surface area contributed by atoms with E-state index in [2.05, 4.69) is 51.2 Å². The number of hydrogen-bond acceptors (Lipinski definition) is 3. The molecule has 20 heavy (non-hydrogen) atoms. The Labute approximate surface area is 128 Å². The van der Waals surface area contributed by atoms with Gasteiger partial charge in [-0.1, -0.05) is 13.0 Å². The zero-order chi connectivity index (χ0) is 14.7. The van der Waals surface area contributed by atoms with Gasteiger partial charge in [-0.05, 0) is 47.4 Å². The number of nitrogens with zero attached hydrogens (tertiary/aromatic N) is 3. The average molecular weight is 337 g/mol. The van der Waals surface area contributed by atoms with Crippen molar-refractivity contribution in [2.24, 2.45) is 7.05 Å². The van der Waals surface area contributed by atoms with E-state index < -0.39 is 0 Å². The summed E-state index contributed by atoms with van der Waals surface area (Å²) >= 11 is 3.64. The van der Waals surface area contributed by atoms with Gasteiger partial charge in [-0.2, -0.15) is 5.10 Å². The molecule has 0 spiro atoms. The van der Waals surface area contributed by atoms with Gasteiger partial charge in [-0.25, -0.2) is 0 Å². The Kier molecular flexibility index (Phi) is 4.94. The van der Waals surface area contributed by atoms with Gasteiger partial charge in [0.2, 0.25) is 0 Å². The maximum Gasteiger partial charge on any atom is 0.0738 e. The Morgan fingerprint density at radius 1 is 1.35 bits per heavy atom. The van der Waals surface area contributed by atoms with E-state index in [1.165, 1.54) is 16.8 Å². The van der Waals surface area contributed by atoms with Crippen molar-refractivity contribution in [2.75, 3.05) is 6.54 Å². The summed E-state index contributed by atoms with van der Waals surface area (Å²) in [5.74, 6) is 0. The number of aryl methyl sites for hydroxylation is 3. The van der Waals surface area contributed by atoms with Crippen molar-refractivity contribution in [3.8, 4) is 0 Å². The van der Waals surface area contributed by atoms with Crippen LogP contribution in [0.3, 0.4) is 0 Å². The van der Waals surface area contributed by atoms with Crippen LogP contribution in [0.5, 0.6) is 0 Å². The third kappa shape index (κ3) is 3.27. The van der Waals surface area contributed by atoms with Crippen LogP contribution in [0.2, 0.25) is 0 Å². The van der Waals surface area contributed by atoms with E-state index in [1.807, 2.05) is 31.0 Å². The van der Waals surface area contributed by atoms with Gasteiger partial charge < -0.3 is 5.32 Å². The fourth-order valence-corrected chi connectivity index (χ4v) is 2.92. The van der Waals surface area contributed by atoms with Crippen LogP contribution in [0.4, 0.5) is 0 Å². The van der Waals surface area contributed by atoms with Gasteiger partial charge in [-0.15, -0.1) is 0 Å². The Morgan fingerprint density at radius 3 is 2.65 bits per heavy atom. The first-order chi connectivity index (χ1) is 9.52. The van der Waals surface area contributed by atoms with Gasteiger partial charge in [0.25, 0.3) is 0 Å². The number of aromatic nitrogens is 3. The van der Waals surface area contributed by atoms with Crippen LogP contribution in [0.1, 0.15) is 35.5 Å². The first-order valence-electron chi connectivity index (χ1n) is 6.85. The van der Waals surface area contributed by atoms with Crippen LogP contribution in [-0.2, 0) is 13.5 Å². The summed E-state index contributed by atoms with van der Waals surface area (Å²) in [7, 11) is 1.99. The second-order valence-electron chi connectivity index (χ2n) is 5.08. The monoisotopic (exact) mass is 336 g/mol. The molecule has 1 unspecified atom stereocenters. The van der Waals surface area contributed by atoms with Gasteiger partial charge in [0.1, 0.15) is 0 Å². The molecule has 1 atom stereocenters. The van der Waals surface area contributed by atoms with Crippen LogP contribution in [0, 0.1) is 13.8 Å². The van der Waals surface area contributed by atoms with Crippen LogP contribution < -0.4 is 5.32 Å². The molecule has 5 heteroatoms. The molecule has 0 radical (unpaired) electrons. The third-order valence-corrected chi connectivity index (χ3v) is 4.44. The Hall–Kier alpha value is -1.20. The molecule has 0 saturated heterocycles. The lowest BCUT2D eigenvalue weighted by atomic mass is 10.0. The van der Waals surface area contributed by atoms with Crippen molar-refractivity contribution < 1.29 is 0 Å². The molecule has 108 valence electrons. The first-order valence-corrected chi connectivity index (χ1v) is 7.65. The van der Waals surface area contributed by atoms with E-state index in [4.69, 9.17) is 0 Å². The molecule has 2 aromatic heterocycles. The summed E-state index contributed by atoms with van der Waals surface area (Å²) in [6.07, 6.45) is 4.71. The van der Waals surface area contributed by atoms with Crippen molar-refractivity contribution in [2.45, 2.75) is 33.2 Å². The van der Waals surface area contributed by atoms with Crippen molar-refractivity contribution >= 4 is 15.9 Å². The Morgan fingerprint density at radius 2 is 2.10 bits per heavy atom. The highest BCUT2D eigenvalue weighted by Gasteiger charge is 2.18. The quantitative estimate of drug-likeness (QED) is 0.912. The van der Waals surface area contributed by atoms with Crippen LogP contribution in [-0.4, -0.2) is 21.3 Å². The van der Waals surface area contributed by atoms with Crippen molar-refractivity contribution in [1.82, 2.24) is 20.1 Å². The summed E-state index contributed by atoms with van der Waals surface area (Å²) in [5.41, 5.74) is 4.64. The molecule has 2 aromatic rings.